The van der Waals surface area contributed by atoms with Gasteiger partial charge in [0.15, 0.2) is 4.80 Å². The zero-order chi connectivity index (χ0) is 19.6. The molecule has 148 valence electrons. The van der Waals surface area contributed by atoms with Gasteiger partial charge < -0.3 is 9.47 Å². The topological polar surface area (TPSA) is 23.8 Å². The molecule has 8 heteroatoms. The van der Waals surface area contributed by atoms with E-state index < -0.39 is 11.7 Å². The molecule has 0 aliphatic carbocycles. The van der Waals surface area contributed by atoms with Crippen molar-refractivity contribution in [2.24, 2.45) is 4.99 Å². The molecule has 0 bridgehead atoms. The van der Waals surface area contributed by atoms with Crippen molar-refractivity contribution >= 4 is 17.0 Å². The minimum atomic E-state index is -4.36. The van der Waals surface area contributed by atoms with Crippen LogP contribution in [0.1, 0.15) is 24.2 Å². The molecule has 1 aromatic carbocycles. The number of thiazole rings is 1. The molecule has 0 amide bonds. The van der Waals surface area contributed by atoms with E-state index in [0.29, 0.717) is 5.69 Å². The Morgan fingerprint density at radius 2 is 1.89 bits per heavy atom. The van der Waals surface area contributed by atoms with Gasteiger partial charge in [-0.2, -0.15) is 13.2 Å². The summed E-state index contributed by atoms with van der Waals surface area (Å²) in [7, 11) is 2.13. The number of rotatable bonds is 4. The van der Waals surface area contributed by atoms with Crippen LogP contribution in [0.25, 0.3) is 0 Å². The highest BCUT2D eigenvalue weighted by atomic mass is 32.1. The van der Waals surface area contributed by atoms with Gasteiger partial charge in [0.1, 0.15) is 0 Å². The fraction of sp³-hybridized carbons (Fsp3) is 0.526. The lowest BCUT2D eigenvalue weighted by molar-refractivity contribution is -0.137. The summed E-state index contributed by atoms with van der Waals surface area (Å²) in [6.07, 6.45) is -4.36. The smallest absolute Gasteiger partial charge is 0.317 e. The molecule has 1 atom stereocenters. The Labute approximate surface area is 161 Å². The van der Waals surface area contributed by atoms with Gasteiger partial charge in [-0.25, -0.2) is 4.99 Å². The van der Waals surface area contributed by atoms with E-state index >= 15 is 0 Å². The first-order valence-electron chi connectivity index (χ1n) is 9.03. The SMILES string of the molecule is Cc1csc(=Nc2cccc(C(F)(F)F)c2)n1C(C)CN1CCN(C)CC1. The Morgan fingerprint density at radius 1 is 1.19 bits per heavy atom. The number of hydrogen-bond donors (Lipinski definition) is 0. The number of benzene rings is 1. The first kappa shape index (κ1) is 20.1. The molecular weight excluding hydrogens is 373 g/mol. The number of aryl methyl sites for hydroxylation is 1. The van der Waals surface area contributed by atoms with E-state index in [-0.39, 0.29) is 6.04 Å². The average molecular weight is 398 g/mol. The minimum Gasteiger partial charge on any atom is -0.317 e. The van der Waals surface area contributed by atoms with Crippen LogP contribution in [0.5, 0.6) is 0 Å². The van der Waals surface area contributed by atoms with Gasteiger partial charge in [0, 0.05) is 49.8 Å². The maximum absolute atomic E-state index is 13.0. The van der Waals surface area contributed by atoms with Crippen molar-refractivity contribution in [2.75, 3.05) is 39.8 Å². The van der Waals surface area contributed by atoms with E-state index in [4.69, 9.17) is 0 Å². The fourth-order valence-electron chi connectivity index (χ4n) is 3.37. The van der Waals surface area contributed by atoms with Gasteiger partial charge in [0.25, 0.3) is 0 Å². The van der Waals surface area contributed by atoms with Crippen molar-refractivity contribution in [3.05, 3.63) is 45.7 Å². The van der Waals surface area contributed by atoms with Gasteiger partial charge in [-0.3, -0.25) is 4.90 Å². The molecular formula is C19H25F3N4S. The summed E-state index contributed by atoms with van der Waals surface area (Å²) in [5.41, 5.74) is 0.730. The maximum Gasteiger partial charge on any atom is 0.416 e. The third kappa shape index (κ3) is 5.00. The lowest BCUT2D eigenvalue weighted by atomic mass is 10.2. The van der Waals surface area contributed by atoms with Gasteiger partial charge in [-0.15, -0.1) is 11.3 Å². The monoisotopic (exact) mass is 398 g/mol. The van der Waals surface area contributed by atoms with Crippen LogP contribution < -0.4 is 4.80 Å². The first-order chi connectivity index (χ1) is 12.7. The second kappa shape index (κ2) is 8.16. The quantitative estimate of drug-likeness (QED) is 0.780. The molecule has 1 aromatic heterocycles. The van der Waals surface area contributed by atoms with Gasteiger partial charge in [0.2, 0.25) is 0 Å². The van der Waals surface area contributed by atoms with Crippen LogP contribution in [0.15, 0.2) is 34.6 Å². The highest BCUT2D eigenvalue weighted by Crippen LogP contribution is 2.31. The number of hydrogen-bond acceptors (Lipinski definition) is 4. The Hall–Kier alpha value is -1.64. The second-order valence-electron chi connectivity index (χ2n) is 7.14. The highest BCUT2D eigenvalue weighted by molar-refractivity contribution is 7.07. The van der Waals surface area contributed by atoms with Crippen molar-refractivity contribution in [3.63, 3.8) is 0 Å². The Kier molecular flexibility index (Phi) is 6.08. The summed E-state index contributed by atoms with van der Waals surface area (Å²) in [5, 5.41) is 2.01. The molecule has 0 N–H and O–H groups in total. The predicted octanol–water partition coefficient (Wildman–Crippen LogP) is 3.92. The van der Waals surface area contributed by atoms with Crippen LogP contribution in [-0.2, 0) is 6.18 Å². The van der Waals surface area contributed by atoms with Gasteiger partial charge in [-0.05, 0) is 39.1 Å². The Balaban J connectivity index is 1.85. The van der Waals surface area contributed by atoms with Crippen molar-refractivity contribution in [2.45, 2.75) is 26.1 Å². The summed E-state index contributed by atoms with van der Waals surface area (Å²) in [5.74, 6) is 0. The molecule has 4 nitrogen and oxygen atoms in total. The predicted molar refractivity (Wildman–Crippen MR) is 102 cm³/mol. The normalized spacial score (nSPS) is 18.8. The van der Waals surface area contributed by atoms with Crippen molar-refractivity contribution in [1.82, 2.24) is 14.4 Å². The molecule has 1 aliphatic heterocycles. The van der Waals surface area contributed by atoms with Crippen LogP contribution in [0.4, 0.5) is 18.9 Å². The number of halogens is 3. The van der Waals surface area contributed by atoms with E-state index in [1.54, 1.807) is 6.07 Å². The van der Waals surface area contributed by atoms with Crippen LogP contribution in [-0.4, -0.2) is 54.1 Å². The average Bonchev–Trinajstić information content (AvgIpc) is 2.97. The molecule has 3 rings (SSSR count). The molecule has 0 saturated carbocycles. The van der Waals surface area contributed by atoms with E-state index in [2.05, 4.69) is 33.3 Å². The maximum atomic E-state index is 13.0. The summed E-state index contributed by atoms with van der Waals surface area (Å²) in [6.45, 7) is 9.24. The number of aromatic nitrogens is 1. The van der Waals surface area contributed by atoms with Crippen molar-refractivity contribution in [3.8, 4) is 0 Å². The van der Waals surface area contributed by atoms with E-state index in [0.717, 1.165) is 55.4 Å². The summed E-state index contributed by atoms with van der Waals surface area (Å²) < 4.78 is 41.0. The zero-order valence-corrected chi connectivity index (χ0v) is 16.6. The first-order valence-corrected chi connectivity index (χ1v) is 9.91. The summed E-state index contributed by atoms with van der Waals surface area (Å²) in [4.78, 5) is 10.00. The van der Waals surface area contributed by atoms with Crippen LogP contribution in [0.3, 0.4) is 0 Å². The number of likely N-dealkylation sites (N-methyl/N-ethyl adjacent to an activating group) is 1. The van der Waals surface area contributed by atoms with Crippen LogP contribution in [0, 0.1) is 6.92 Å². The molecule has 2 heterocycles. The lowest BCUT2D eigenvalue weighted by Gasteiger charge is -2.34. The largest absolute Gasteiger partial charge is 0.416 e. The number of nitrogens with zero attached hydrogens (tertiary/aromatic N) is 4. The fourth-order valence-corrected chi connectivity index (χ4v) is 4.35. The van der Waals surface area contributed by atoms with Crippen molar-refractivity contribution in [1.29, 1.82) is 0 Å². The second-order valence-corrected chi connectivity index (χ2v) is 7.98. The molecule has 2 aromatic rings. The molecule has 0 radical (unpaired) electrons. The minimum absolute atomic E-state index is 0.198. The van der Waals surface area contributed by atoms with Gasteiger partial charge in [0.05, 0.1) is 11.3 Å². The Bertz CT molecular complexity index is 832. The zero-order valence-electron chi connectivity index (χ0n) is 15.8. The van der Waals surface area contributed by atoms with Gasteiger partial charge in [-0.1, -0.05) is 6.07 Å². The van der Waals surface area contributed by atoms with E-state index in [9.17, 15) is 13.2 Å². The molecule has 1 aliphatic rings. The lowest BCUT2D eigenvalue weighted by Crippen LogP contribution is -2.46. The van der Waals surface area contributed by atoms with Crippen LogP contribution >= 0.6 is 11.3 Å². The molecule has 1 saturated heterocycles. The van der Waals surface area contributed by atoms with Crippen molar-refractivity contribution < 1.29 is 13.2 Å². The number of piperazine rings is 1. The third-order valence-corrected chi connectivity index (χ3v) is 5.84. The summed E-state index contributed by atoms with van der Waals surface area (Å²) in [6, 6.07) is 5.39. The van der Waals surface area contributed by atoms with E-state index in [1.807, 2.05) is 12.3 Å². The van der Waals surface area contributed by atoms with Crippen LogP contribution in [0.2, 0.25) is 0 Å². The highest BCUT2D eigenvalue weighted by Gasteiger charge is 2.30. The van der Waals surface area contributed by atoms with Gasteiger partial charge >= 0.3 is 6.18 Å². The molecule has 1 unspecified atom stereocenters. The standard InChI is InChI=1S/C19H25F3N4S/c1-14(12-25-9-7-24(3)8-10-25)26-15(2)13-27-18(26)23-17-6-4-5-16(11-17)19(20,21)22/h4-6,11,13-14H,7-10,12H2,1-3H3. The molecule has 1 fully saturated rings. The summed E-state index contributed by atoms with van der Waals surface area (Å²) >= 11 is 1.46. The van der Waals surface area contributed by atoms with E-state index in [1.165, 1.54) is 17.4 Å². The Morgan fingerprint density at radius 3 is 2.56 bits per heavy atom. The third-order valence-electron chi connectivity index (χ3n) is 4.88. The number of alkyl halides is 3. The molecule has 0 spiro atoms. The molecule has 27 heavy (non-hydrogen) atoms.